The van der Waals surface area contributed by atoms with Gasteiger partial charge in [0.25, 0.3) is 0 Å². The second-order valence-electron chi connectivity index (χ2n) is 10.2. The predicted octanol–water partition coefficient (Wildman–Crippen LogP) is 5.81. The van der Waals surface area contributed by atoms with Gasteiger partial charge in [0.15, 0.2) is 11.6 Å². The molecule has 39 heavy (non-hydrogen) atoms. The van der Waals surface area contributed by atoms with Gasteiger partial charge in [0.1, 0.15) is 17.3 Å². The number of para-hydroxylation sites is 1. The van der Waals surface area contributed by atoms with Gasteiger partial charge in [-0.05, 0) is 53.1 Å². The van der Waals surface area contributed by atoms with Gasteiger partial charge in [0.2, 0.25) is 5.91 Å². The average molecular weight is 515 g/mol. The third-order valence-electron chi connectivity index (χ3n) is 8.31. The number of hydrogen-bond acceptors (Lipinski definition) is 4. The van der Waals surface area contributed by atoms with Crippen LogP contribution in [0.4, 0.5) is 10.1 Å². The molecule has 0 aliphatic carbocycles. The molecule has 1 amide bonds. The van der Waals surface area contributed by atoms with Crippen LogP contribution in [-0.4, -0.2) is 28.4 Å². The maximum absolute atomic E-state index is 14.6. The number of anilines is 1. The Hall–Kier alpha value is -4.84. The van der Waals surface area contributed by atoms with Crippen LogP contribution in [0, 0.1) is 11.7 Å². The predicted molar refractivity (Wildman–Crippen MR) is 146 cm³/mol. The average Bonchev–Trinajstić information content (AvgIpc) is 3.45. The molecular weight excluding hydrogens is 491 g/mol. The summed E-state index contributed by atoms with van der Waals surface area (Å²) in [5, 5.41) is 3.03. The summed E-state index contributed by atoms with van der Waals surface area (Å²) in [4.78, 5) is 45.2. The van der Waals surface area contributed by atoms with E-state index >= 15 is 0 Å². The summed E-state index contributed by atoms with van der Waals surface area (Å²) in [6.07, 6.45) is 3.76. The molecule has 1 fully saturated rings. The third kappa shape index (κ3) is 3.21. The van der Waals surface area contributed by atoms with Crippen LogP contribution >= 0.6 is 0 Å². The summed E-state index contributed by atoms with van der Waals surface area (Å²) >= 11 is 0. The number of nitrogens with zero attached hydrogens (tertiary/aromatic N) is 1. The van der Waals surface area contributed by atoms with Gasteiger partial charge in [0.05, 0.1) is 12.0 Å². The Bertz CT molecular complexity index is 1680. The van der Waals surface area contributed by atoms with Crippen molar-refractivity contribution in [1.29, 1.82) is 0 Å². The maximum Gasteiger partial charge on any atom is 0.238 e. The van der Waals surface area contributed by atoms with E-state index in [2.05, 4.69) is 5.32 Å². The van der Waals surface area contributed by atoms with Crippen LogP contribution in [0.5, 0.6) is 0 Å². The lowest BCUT2D eigenvalue weighted by Crippen LogP contribution is -2.49. The molecule has 190 valence electrons. The van der Waals surface area contributed by atoms with E-state index in [4.69, 9.17) is 0 Å². The van der Waals surface area contributed by atoms with Crippen LogP contribution < -0.4 is 5.32 Å². The van der Waals surface area contributed by atoms with Crippen molar-refractivity contribution in [3.63, 3.8) is 0 Å². The molecule has 1 saturated heterocycles. The monoisotopic (exact) mass is 514 g/mol. The number of carbonyl (C=O) groups excluding carboxylic acids is 3. The van der Waals surface area contributed by atoms with Crippen molar-refractivity contribution in [1.82, 2.24) is 4.90 Å². The van der Waals surface area contributed by atoms with Crippen molar-refractivity contribution in [2.45, 2.75) is 17.5 Å². The zero-order chi connectivity index (χ0) is 26.7. The quantitative estimate of drug-likeness (QED) is 0.349. The van der Waals surface area contributed by atoms with Crippen LogP contribution in [0.3, 0.4) is 0 Å². The largest absolute Gasteiger partial charge is 0.358 e. The van der Waals surface area contributed by atoms with E-state index < -0.39 is 29.2 Å². The summed E-state index contributed by atoms with van der Waals surface area (Å²) in [5.41, 5.74) is 2.40. The van der Waals surface area contributed by atoms with Crippen LogP contribution in [0.1, 0.15) is 43.4 Å². The van der Waals surface area contributed by atoms with Crippen molar-refractivity contribution in [2.24, 2.45) is 5.92 Å². The molecule has 6 heteroatoms. The first-order chi connectivity index (χ1) is 19.0. The maximum atomic E-state index is 14.6. The second kappa shape index (κ2) is 8.60. The molecule has 4 atom stereocenters. The number of halogens is 1. The van der Waals surface area contributed by atoms with Gasteiger partial charge in [-0.2, -0.15) is 0 Å². The summed E-state index contributed by atoms with van der Waals surface area (Å²) in [6.45, 7) is 0. The number of hydrogen-bond donors (Lipinski definition) is 1. The number of benzene rings is 4. The Labute approximate surface area is 224 Å². The minimum absolute atomic E-state index is 0.251. The normalized spacial score (nSPS) is 24.2. The molecule has 0 aromatic heterocycles. The fourth-order valence-electron chi connectivity index (χ4n) is 6.73. The van der Waals surface area contributed by atoms with Crippen LogP contribution in [0.2, 0.25) is 0 Å². The van der Waals surface area contributed by atoms with Crippen molar-refractivity contribution in [3.8, 4) is 0 Å². The number of carbonyl (C=O) groups is 3. The molecule has 5 nitrogen and oxygen atoms in total. The molecule has 1 spiro atoms. The van der Waals surface area contributed by atoms with Crippen LogP contribution in [0.15, 0.2) is 109 Å². The Morgan fingerprint density at radius 3 is 2.23 bits per heavy atom. The Morgan fingerprint density at radius 1 is 0.769 bits per heavy atom. The lowest BCUT2D eigenvalue weighted by Gasteiger charge is -2.38. The second-order valence-corrected chi connectivity index (χ2v) is 10.2. The number of rotatable bonds is 4. The van der Waals surface area contributed by atoms with Gasteiger partial charge in [0, 0.05) is 23.0 Å². The van der Waals surface area contributed by atoms with Crippen molar-refractivity contribution in [2.75, 3.05) is 5.32 Å². The molecule has 0 bridgehead atoms. The van der Waals surface area contributed by atoms with Gasteiger partial charge in [-0.1, -0.05) is 72.8 Å². The summed E-state index contributed by atoms with van der Waals surface area (Å²) < 4.78 is 13.9. The molecule has 0 unspecified atom stereocenters. The summed E-state index contributed by atoms with van der Waals surface area (Å²) in [6, 6.07) is 27.7. The molecular formula is C33H23FN2O3. The lowest BCUT2D eigenvalue weighted by atomic mass is 9.62. The van der Waals surface area contributed by atoms with E-state index in [9.17, 15) is 18.8 Å². The zero-order valence-corrected chi connectivity index (χ0v) is 20.8. The Balaban J connectivity index is 1.54. The standard InChI is InChI=1S/C33H23FN2O3/c34-23-16-14-22(15-17-23)29(37)27-28(30(38)21-9-2-1-3-10-21)36-19-18-20-8-4-5-11-24(20)31(36)33(27)25-12-6-7-13-26(25)35-32(33)39/h1-19,27-28,31H,(H,35,39)/t27-,28+,31+,33+/m1/s1. The fraction of sp³-hybridized carbons (Fsp3) is 0.121. The van der Waals surface area contributed by atoms with E-state index in [1.165, 1.54) is 24.3 Å². The highest BCUT2D eigenvalue weighted by Crippen LogP contribution is 2.62. The molecule has 3 aliphatic heterocycles. The van der Waals surface area contributed by atoms with E-state index in [0.717, 1.165) is 11.1 Å². The van der Waals surface area contributed by atoms with Gasteiger partial charge in [-0.25, -0.2) is 4.39 Å². The first-order valence-corrected chi connectivity index (χ1v) is 12.9. The molecule has 0 radical (unpaired) electrons. The van der Waals surface area contributed by atoms with Gasteiger partial charge in [-0.15, -0.1) is 0 Å². The summed E-state index contributed by atoms with van der Waals surface area (Å²) in [5.74, 6) is -2.51. The van der Waals surface area contributed by atoms with E-state index in [1.54, 1.807) is 24.3 Å². The Morgan fingerprint density at radius 2 is 1.44 bits per heavy atom. The van der Waals surface area contributed by atoms with E-state index in [1.807, 2.05) is 71.8 Å². The highest BCUT2D eigenvalue weighted by atomic mass is 19.1. The van der Waals surface area contributed by atoms with Crippen molar-refractivity contribution >= 4 is 29.2 Å². The third-order valence-corrected chi connectivity index (χ3v) is 8.31. The van der Waals surface area contributed by atoms with Crippen molar-refractivity contribution in [3.05, 3.63) is 143 Å². The number of Topliss-reactive ketones (excluding diaryl/α,β-unsaturated/α-hetero) is 2. The van der Waals surface area contributed by atoms with Gasteiger partial charge < -0.3 is 10.2 Å². The first-order valence-electron chi connectivity index (χ1n) is 12.9. The number of nitrogens with one attached hydrogen (secondary N) is 1. The molecule has 3 heterocycles. The topological polar surface area (TPSA) is 66.5 Å². The highest BCUT2D eigenvalue weighted by molar-refractivity contribution is 6.16. The number of ketones is 2. The lowest BCUT2D eigenvalue weighted by molar-refractivity contribution is -0.122. The molecule has 3 aliphatic rings. The minimum atomic E-state index is -1.40. The molecule has 0 saturated carbocycles. The molecule has 1 N–H and O–H groups in total. The SMILES string of the molecule is O=C(c1ccccc1)[C@@H]1[C@H](C(=O)c2ccc(F)cc2)[C@]2(C(=O)Nc3ccccc32)[C@@H]2c3ccccc3C=CN12. The fourth-order valence-corrected chi connectivity index (χ4v) is 6.73. The van der Waals surface area contributed by atoms with E-state index in [-0.39, 0.29) is 23.0 Å². The molecule has 4 aromatic carbocycles. The minimum Gasteiger partial charge on any atom is -0.358 e. The highest BCUT2D eigenvalue weighted by Gasteiger charge is 2.70. The first kappa shape index (κ1) is 23.3. The van der Waals surface area contributed by atoms with E-state index in [0.29, 0.717) is 16.8 Å². The Kier molecular flexibility index (Phi) is 5.13. The number of amides is 1. The van der Waals surface area contributed by atoms with Crippen molar-refractivity contribution < 1.29 is 18.8 Å². The summed E-state index contributed by atoms with van der Waals surface area (Å²) in [7, 11) is 0. The van der Waals surface area contributed by atoms with Crippen LogP contribution in [-0.2, 0) is 10.2 Å². The zero-order valence-electron chi connectivity index (χ0n) is 20.8. The molecule has 4 aromatic rings. The smallest absolute Gasteiger partial charge is 0.238 e. The molecule has 7 rings (SSSR count). The van der Waals surface area contributed by atoms with Crippen LogP contribution in [0.25, 0.3) is 6.08 Å². The van der Waals surface area contributed by atoms with Gasteiger partial charge >= 0.3 is 0 Å². The van der Waals surface area contributed by atoms with Gasteiger partial charge in [-0.3, -0.25) is 14.4 Å². The number of fused-ring (bicyclic) bond motifs is 6.